The van der Waals surface area contributed by atoms with Crippen molar-refractivity contribution >= 4 is 11.8 Å². The van der Waals surface area contributed by atoms with Crippen molar-refractivity contribution in [3.8, 4) is 0 Å². The fourth-order valence-electron chi connectivity index (χ4n) is 6.09. The van der Waals surface area contributed by atoms with E-state index in [4.69, 9.17) is 4.42 Å². The Kier molecular flexibility index (Phi) is 7.15. The molecule has 36 heavy (non-hydrogen) atoms. The Morgan fingerprint density at radius 1 is 1.06 bits per heavy atom. The number of carbonyl (C=O) groups excluding carboxylic acids is 2. The second-order valence-corrected chi connectivity index (χ2v) is 11.4. The molecule has 0 N–H and O–H groups in total. The SMILES string of the molecule is Cc1cccc(C(=O)N2CCC3(CC2)CC(c2nnc(C(C)C)o2)N(CC(=O)N2CCCCC2)C3)c1. The van der Waals surface area contributed by atoms with Crippen LogP contribution in [0.4, 0.5) is 0 Å². The molecule has 3 saturated heterocycles. The maximum absolute atomic E-state index is 13.2. The summed E-state index contributed by atoms with van der Waals surface area (Å²) in [6.07, 6.45) is 6.10. The van der Waals surface area contributed by atoms with E-state index in [9.17, 15) is 9.59 Å². The number of likely N-dealkylation sites (tertiary alicyclic amines) is 3. The predicted molar refractivity (Wildman–Crippen MR) is 136 cm³/mol. The molecule has 0 saturated carbocycles. The smallest absolute Gasteiger partial charge is 0.253 e. The monoisotopic (exact) mass is 493 g/mol. The maximum atomic E-state index is 13.2. The standard InChI is InChI=1S/C28H39N5O3/c1-20(2)25-29-30-26(36-25)23-17-28(19-33(23)18-24(34)31-12-5-4-6-13-31)10-14-32(15-11-28)27(35)22-9-7-8-21(3)16-22/h7-9,16,20,23H,4-6,10-15,17-19H2,1-3H3. The minimum atomic E-state index is -0.0576. The number of aromatic nitrogens is 2. The van der Waals surface area contributed by atoms with Gasteiger partial charge in [0.2, 0.25) is 17.7 Å². The number of amides is 2. The van der Waals surface area contributed by atoms with Crippen LogP contribution in [0.5, 0.6) is 0 Å². The summed E-state index contributed by atoms with van der Waals surface area (Å²) in [6.45, 7) is 10.5. The number of benzene rings is 1. The van der Waals surface area contributed by atoms with Crippen LogP contribution in [0.3, 0.4) is 0 Å². The van der Waals surface area contributed by atoms with Gasteiger partial charge in [-0.15, -0.1) is 10.2 Å². The Morgan fingerprint density at radius 2 is 1.81 bits per heavy atom. The molecule has 8 nitrogen and oxygen atoms in total. The van der Waals surface area contributed by atoms with Gasteiger partial charge in [0.25, 0.3) is 5.91 Å². The molecular formula is C28H39N5O3. The lowest BCUT2D eigenvalue weighted by Crippen LogP contribution is -2.46. The van der Waals surface area contributed by atoms with Crippen LogP contribution in [-0.4, -0.2) is 76.0 Å². The molecule has 1 aromatic carbocycles. The Morgan fingerprint density at radius 3 is 2.47 bits per heavy atom. The van der Waals surface area contributed by atoms with Crippen molar-refractivity contribution in [2.24, 2.45) is 5.41 Å². The van der Waals surface area contributed by atoms with Crippen molar-refractivity contribution < 1.29 is 14.0 Å². The van der Waals surface area contributed by atoms with Gasteiger partial charge in [0.15, 0.2) is 0 Å². The van der Waals surface area contributed by atoms with Crippen LogP contribution in [0.1, 0.15) is 92.0 Å². The van der Waals surface area contributed by atoms with Crippen molar-refractivity contribution in [1.29, 1.82) is 0 Å². The number of hydrogen-bond donors (Lipinski definition) is 0. The van der Waals surface area contributed by atoms with Gasteiger partial charge in [0, 0.05) is 44.2 Å². The molecule has 0 bridgehead atoms. The Labute approximate surface area is 214 Å². The van der Waals surface area contributed by atoms with E-state index >= 15 is 0 Å². The number of nitrogens with zero attached hydrogens (tertiary/aromatic N) is 5. The van der Waals surface area contributed by atoms with Gasteiger partial charge in [0.1, 0.15) is 0 Å². The second-order valence-electron chi connectivity index (χ2n) is 11.4. The number of carbonyl (C=O) groups is 2. The highest BCUT2D eigenvalue weighted by Crippen LogP contribution is 2.49. The van der Waals surface area contributed by atoms with Crippen molar-refractivity contribution in [1.82, 2.24) is 24.9 Å². The highest BCUT2D eigenvalue weighted by molar-refractivity contribution is 5.94. The lowest BCUT2D eigenvalue weighted by Gasteiger charge is -2.39. The van der Waals surface area contributed by atoms with Gasteiger partial charge in [-0.05, 0) is 63.0 Å². The second kappa shape index (κ2) is 10.3. The number of piperidine rings is 2. The zero-order valence-corrected chi connectivity index (χ0v) is 21.9. The summed E-state index contributed by atoms with van der Waals surface area (Å²) >= 11 is 0. The topological polar surface area (TPSA) is 82.8 Å². The molecule has 2 aromatic rings. The first-order valence-corrected chi connectivity index (χ1v) is 13.5. The molecule has 194 valence electrons. The normalized spacial score (nSPS) is 22.5. The summed E-state index contributed by atoms with van der Waals surface area (Å²) in [5, 5.41) is 8.69. The van der Waals surface area contributed by atoms with Gasteiger partial charge in [-0.25, -0.2) is 0 Å². The van der Waals surface area contributed by atoms with Crippen LogP contribution in [0.15, 0.2) is 28.7 Å². The number of aryl methyl sites for hydroxylation is 1. The molecule has 0 radical (unpaired) electrons. The quantitative estimate of drug-likeness (QED) is 0.621. The summed E-state index contributed by atoms with van der Waals surface area (Å²) < 4.78 is 6.10. The maximum Gasteiger partial charge on any atom is 0.253 e. The van der Waals surface area contributed by atoms with Crippen molar-refractivity contribution in [3.63, 3.8) is 0 Å². The molecule has 1 unspecified atom stereocenters. The third-order valence-corrected chi connectivity index (χ3v) is 8.26. The zero-order chi connectivity index (χ0) is 25.3. The van der Waals surface area contributed by atoms with Crippen LogP contribution >= 0.6 is 0 Å². The highest BCUT2D eigenvalue weighted by atomic mass is 16.4. The minimum absolute atomic E-state index is 0.0443. The first kappa shape index (κ1) is 24.9. The van der Waals surface area contributed by atoms with Gasteiger partial charge in [-0.3, -0.25) is 14.5 Å². The predicted octanol–water partition coefficient (Wildman–Crippen LogP) is 4.18. The number of hydrogen-bond acceptors (Lipinski definition) is 6. The molecule has 4 heterocycles. The van der Waals surface area contributed by atoms with E-state index in [0.29, 0.717) is 18.3 Å². The summed E-state index contributed by atoms with van der Waals surface area (Å²) in [4.78, 5) is 32.6. The van der Waals surface area contributed by atoms with E-state index in [-0.39, 0.29) is 29.2 Å². The fraction of sp³-hybridized carbons (Fsp3) is 0.643. The molecule has 1 spiro atoms. The first-order chi connectivity index (χ1) is 17.3. The van der Waals surface area contributed by atoms with E-state index in [0.717, 1.165) is 76.0 Å². The lowest BCUT2D eigenvalue weighted by atomic mass is 9.76. The van der Waals surface area contributed by atoms with Crippen molar-refractivity contribution in [3.05, 3.63) is 47.2 Å². The zero-order valence-electron chi connectivity index (χ0n) is 21.9. The van der Waals surface area contributed by atoms with Crippen LogP contribution in [-0.2, 0) is 4.79 Å². The van der Waals surface area contributed by atoms with Crippen LogP contribution < -0.4 is 0 Å². The third kappa shape index (κ3) is 5.19. The molecule has 3 aliphatic heterocycles. The number of rotatable bonds is 5. The van der Waals surface area contributed by atoms with Crippen molar-refractivity contribution in [2.75, 3.05) is 39.3 Å². The molecule has 2 amide bonds. The molecule has 0 aliphatic carbocycles. The van der Waals surface area contributed by atoms with E-state index in [2.05, 4.69) is 15.1 Å². The lowest BCUT2D eigenvalue weighted by molar-refractivity contribution is -0.133. The average Bonchev–Trinajstić information content (AvgIpc) is 3.50. The van der Waals surface area contributed by atoms with E-state index in [1.807, 2.05) is 54.8 Å². The highest BCUT2D eigenvalue weighted by Gasteiger charge is 2.49. The summed E-state index contributed by atoms with van der Waals surface area (Å²) in [7, 11) is 0. The van der Waals surface area contributed by atoms with Gasteiger partial charge < -0.3 is 14.2 Å². The molecule has 3 fully saturated rings. The van der Waals surface area contributed by atoms with E-state index < -0.39 is 0 Å². The summed E-state index contributed by atoms with van der Waals surface area (Å²) in [5.74, 6) is 1.75. The van der Waals surface area contributed by atoms with E-state index in [1.54, 1.807) is 0 Å². The third-order valence-electron chi connectivity index (χ3n) is 8.26. The molecule has 1 atom stereocenters. The largest absolute Gasteiger partial charge is 0.423 e. The molecular weight excluding hydrogens is 454 g/mol. The molecule has 5 rings (SSSR count). The van der Waals surface area contributed by atoms with Gasteiger partial charge in [-0.2, -0.15) is 0 Å². The minimum Gasteiger partial charge on any atom is -0.423 e. The van der Waals surface area contributed by atoms with Gasteiger partial charge in [-0.1, -0.05) is 31.5 Å². The van der Waals surface area contributed by atoms with Crippen molar-refractivity contribution in [2.45, 2.75) is 71.3 Å². The summed E-state index contributed by atoms with van der Waals surface area (Å²) in [5.41, 5.74) is 1.90. The first-order valence-electron chi connectivity index (χ1n) is 13.5. The molecule has 1 aromatic heterocycles. The van der Waals surface area contributed by atoms with Crippen LogP contribution in [0.2, 0.25) is 0 Å². The summed E-state index contributed by atoms with van der Waals surface area (Å²) in [6, 6.07) is 7.78. The average molecular weight is 494 g/mol. The van der Waals surface area contributed by atoms with Crippen LogP contribution in [0, 0.1) is 12.3 Å². The van der Waals surface area contributed by atoms with Crippen LogP contribution in [0.25, 0.3) is 0 Å². The molecule has 8 heteroatoms. The van der Waals surface area contributed by atoms with E-state index in [1.165, 1.54) is 6.42 Å². The Bertz CT molecular complexity index is 1080. The Balaban J connectivity index is 1.30. The Hall–Kier alpha value is -2.74. The van der Waals surface area contributed by atoms with Gasteiger partial charge in [0.05, 0.1) is 12.6 Å². The van der Waals surface area contributed by atoms with Gasteiger partial charge >= 0.3 is 0 Å². The fourth-order valence-corrected chi connectivity index (χ4v) is 6.09. The molecule has 3 aliphatic rings.